The van der Waals surface area contributed by atoms with Crippen molar-refractivity contribution in [2.45, 2.75) is 38.1 Å². The Morgan fingerprint density at radius 2 is 2.00 bits per heavy atom. The van der Waals surface area contributed by atoms with Crippen LogP contribution < -0.4 is 5.32 Å². The number of aliphatic hydroxyl groups is 1. The minimum absolute atomic E-state index is 0.0721. The van der Waals surface area contributed by atoms with E-state index in [1.807, 2.05) is 13.8 Å². The molecule has 0 saturated carbocycles. The zero-order chi connectivity index (χ0) is 10.6. The van der Waals surface area contributed by atoms with Gasteiger partial charge in [0, 0.05) is 6.54 Å². The first kappa shape index (κ1) is 12.9. The van der Waals surface area contributed by atoms with Gasteiger partial charge in [-0.25, -0.2) is 0 Å². The van der Waals surface area contributed by atoms with Crippen LogP contribution in [0.15, 0.2) is 0 Å². The molecule has 0 rings (SSSR count). The molecule has 13 heavy (non-hydrogen) atoms. The van der Waals surface area contributed by atoms with Crippen LogP contribution >= 0.6 is 15.9 Å². The zero-order valence-corrected chi connectivity index (χ0v) is 10.2. The van der Waals surface area contributed by atoms with Gasteiger partial charge in [-0.2, -0.15) is 0 Å². The molecule has 0 aromatic carbocycles. The van der Waals surface area contributed by atoms with Crippen molar-refractivity contribution in [3.8, 4) is 0 Å². The maximum Gasteiger partial charge on any atom is 0.234 e. The summed E-state index contributed by atoms with van der Waals surface area (Å²) >= 11 is 3.28. The van der Waals surface area contributed by atoms with E-state index >= 15 is 0 Å². The third kappa shape index (κ3) is 6.05. The van der Waals surface area contributed by atoms with Crippen molar-refractivity contribution in [3.05, 3.63) is 0 Å². The Kier molecular flexibility index (Phi) is 4.92. The summed E-state index contributed by atoms with van der Waals surface area (Å²) in [5.74, 6) is 0.180. The summed E-state index contributed by atoms with van der Waals surface area (Å²) in [7, 11) is 0. The van der Waals surface area contributed by atoms with Crippen LogP contribution in [0.2, 0.25) is 0 Å². The molecule has 0 aliphatic heterocycles. The van der Waals surface area contributed by atoms with Crippen molar-refractivity contribution in [1.82, 2.24) is 5.32 Å². The van der Waals surface area contributed by atoms with Gasteiger partial charge in [0.1, 0.15) is 0 Å². The predicted molar refractivity (Wildman–Crippen MR) is 56.9 cm³/mol. The van der Waals surface area contributed by atoms with E-state index in [4.69, 9.17) is 0 Å². The van der Waals surface area contributed by atoms with Crippen molar-refractivity contribution in [2.24, 2.45) is 5.92 Å². The van der Waals surface area contributed by atoms with Crippen LogP contribution in [-0.4, -0.2) is 28.0 Å². The number of rotatable bonds is 4. The first-order chi connectivity index (χ1) is 5.74. The molecule has 1 amide bonds. The highest BCUT2D eigenvalue weighted by atomic mass is 79.9. The van der Waals surface area contributed by atoms with E-state index in [1.54, 1.807) is 13.8 Å². The summed E-state index contributed by atoms with van der Waals surface area (Å²) in [5, 5.41) is 12.0. The molecule has 0 bridgehead atoms. The molecule has 0 aromatic rings. The lowest BCUT2D eigenvalue weighted by Crippen LogP contribution is -2.42. The quantitative estimate of drug-likeness (QED) is 0.741. The SMILES string of the molecule is CC(C)C(Br)C(=O)NCC(C)(C)O. The number of alkyl halides is 1. The first-order valence-corrected chi connectivity index (χ1v) is 5.30. The lowest BCUT2D eigenvalue weighted by molar-refractivity contribution is -0.122. The highest BCUT2D eigenvalue weighted by Gasteiger charge is 2.20. The molecule has 0 saturated heterocycles. The van der Waals surface area contributed by atoms with Gasteiger partial charge in [0.15, 0.2) is 0 Å². The van der Waals surface area contributed by atoms with E-state index < -0.39 is 5.60 Å². The van der Waals surface area contributed by atoms with Gasteiger partial charge in [0.25, 0.3) is 0 Å². The lowest BCUT2D eigenvalue weighted by Gasteiger charge is -2.20. The summed E-state index contributed by atoms with van der Waals surface area (Å²) < 4.78 is 0. The van der Waals surface area contributed by atoms with Crippen LogP contribution in [-0.2, 0) is 4.79 Å². The van der Waals surface area contributed by atoms with Gasteiger partial charge in [-0.3, -0.25) is 4.79 Å². The summed E-state index contributed by atoms with van der Waals surface area (Å²) in [4.78, 5) is 11.2. The number of carbonyl (C=O) groups is 1. The van der Waals surface area contributed by atoms with Crippen molar-refractivity contribution in [3.63, 3.8) is 0 Å². The second kappa shape index (κ2) is 4.96. The molecule has 1 atom stereocenters. The number of carbonyl (C=O) groups excluding carboxylic acids is 1. The Morgan fingerprint density at radius 3 is 2.31 bits per heavy atom. The molecule has 3 nitrogen and oxygen atoms in total. The summed E-state index contributed by atoms with van der Waals surface area (Å²) in [6, 6.07) is 0. The Balaban J connectivity index is 3.89. The smallest absolute Gasteiger partial charge is 0.234 e. The molecule has 78 valence electrons. The molecular formula is C9H18BrNO2. The van der Waals surface area contributed by atoms with E-state index in [2.05, 4.69) is 21.2 Å². The molecule has 4 heteroatoms. The predicted octanol–water partition coefficient (Wildman–Crippen LogP) is 1.29. The van der Waals surface area contributed by atoms with Gasteiger partial charge in [-0.05, 0) is 19.8 Å². The Bertz CT molecular complexity index is 175. The summed E-state index contributed by atoms with van der Waals surface area (Å²) in [5.41, 5.74) is -0.848. The monoisotopic (exact) mass is 251 g/mol. The largest absolute Gasteiger partial charge is 0.389 e. The van der Waals surface area contributed by atoms with E-state index in [0.717, 1.165) is 0 Å². The molecule has 0 radical (unpaired) electrons. The molecule has 0 fully saturated rings. The Labute approximate surface area is 88.0 Å². The number of nitrogens with one attached hydrogen (secondary N) is 1. The van der Waals surface area contributed by atoms with Crippen LogP contribution in [0.4, 0.5) is 0 Å². The molecule has 0 aliphatic carbocycles. The molecule has 0 heterocycles. The van der Waals surface area contributed by atoms with Crippen molar-refractivity contribution in [1.29, 1.82) is 0 Å². The zero-order valence-electron chi connectivity index (χ0n) is 8.60. The lowest BCUT2D eigenvalue weighted by atomic mass is 10.1. The molecule has 0 aromatic heterocycles. The highest BCUT2D eigenvalue weighted by Crippen LogP contribution is 2.11. The second-order valence-corrected chi connectivity index (χ2v) is 5.16. The number of hydrogen-bond acceptors (Lipinski definition) is 2. The van der Waals surface area contributed by atoms with Gasteiger partial charge in [0.2, 0.25) is 5.91 Å². The second-order valence-electron chi connectivity index (χ2n) is 4.18. The first-order valence-electron chi connectivity index (χ1n) is 4.38. The van der Waals surface area contributed by atoms with Gasteiger partial charge in [-0.1, -0.05) is 29.8 Å². The minimum atomic E-state index is -0.848. The minimum Gasteiger partial charge on any atom is -0.389 e. The molecular weight excluding hydrogens is 234 g/mol. The van der Waals surface area contributed by atoms with Crippen LogP contribution in [0.25, 0.3) is 0 Å². The maximum absolute atomic E-state index is 11.4. The Morgan fingerprint density at radius 1 is 1.54 bits per heavy atom. The van der Waals surface area contributed by atoms with E-state index in [9.17, 15) is 9.90 Å². The normalized spacial score (nSPS) is 14.4. The van der Waals surface area contributed by atoms with Crippen LogP contribution in [0.5, 0.6) is 0 Å². The molecule has 0 spiro atoms. The van der Waals surface area contributed by atoms with Gasteiger partial charge < -0.3 is 10.4 Å². The number of hydrogen-bond donors (Lipinski definition) is 2. The number of halogens is 1. The highest BCUT2D eigenvalue weighted by molar-refractivity contribution is 9.10. The topological polar surface area (TPSA) is 49.3 Å². The third-order valence-corrected chi connectivity index (χ3v) is 3.00. The van der Waals surface area contributed by atoms with Crippen LogP contribution in [0.1, 0.15) is 27.7 Å². The fourth-order valence-electron chi connectivity index (χ4n) is 0.704. The van der Waals surface area contributed by atoms with Gasteiger partial charge in [0.05, 0.1) is 10.4 Å². The molecule has 2 N–H and O–H groups in total. The van der Waals surface area contributed by atoms with Crippen molar-refractivity contribution >= 4 is 21.8 Å². The summed E-state index contributed by atoms with van der Waals surface area (Å²) in [6.45, 7) is 7.52. The van der Waals surface area contributed by atoms with E-state index in [0.29, 0.717) is 0 Å². The van der Waals surface area contributed by atoms with Gasteiger partial charge in [-0.15, -0.1) is 0 Å². The molecule has 0 aliphatic rings. The van der Waals surface area contributed by atoms with Crippen molar-refractivity contribution in [2.75, 3.05) is 6.54 Å². The average Bonchev–Trinajstić information content (AvgIpc) is 1.97. The van der Waals surface area contributed by atoms with Crippen molar-refractivity contribution < 1.29 is 9.90 Å². The molecule has 1 unspecified atom stereocenters. The van der Waals surface area contributed by atoms with E-state index in [1.165, 1.54) is 0 Å². The summed E-state index contributed by atoms with van der Waals surface area (Å²) in [6.07, 6.45) is 0. The van der Waals surface area contributed by atoms with Crippen LogP contribution in [0.3, 0.4) is 0 Å². The van der Waals surface area contributed by atoms with Crippen LogP contribution in [0, 0.1) is 5.92 Å². The maximum atomic E-state index is 11.4. The number of amides is 1. The van der Waals surface area contributed by atoms with E-state index in [-0.39, 0.29) is 23.2 Å². The average molecular weight is 252 g/mol. The third-order valence-electron chi connectivity index (χ3n) is 1.53. The fourth-order valence-corrected chi connectivity index (χ4v) is 0.866. The Hall–Kier alpha value is -0.0900. The van der Waals surface area contributed by atoms with Gasteiger partial charge >= 0.3 is 0 Å². The fraction of sp³-hybridized carbons (Fsp3) is 0.889. The standard InChI is InChI=1S/C9H18BrNO2/c1-6(2)7(10)8(12)11-5-9(3,4)13/h6-7,13H,5H2,1-4H3,(H,11,12).